The Kier molecular flexibility index (Phi) is 3.60. The van der Waals surface area contributed by atoms with Crippen molar-refractivity contribution < 1.29 is 0 Å². The summed E-state index contributed by atoms with van der Waals surface area (Å²) in [5.41, 5.74) is 3.28. The van der Waals surface area contributed by atoms with Crippen LogP contribution in [0.15, 0.2) is 48.5 Å². The van der Waals surface area contributed by atoms with E-state index in [4.69, 9.17) is 16.7 Å². The highest BCUT2D eigenvalue weighted by atomic mass is 35.5. The van der Waals surface area contributed by atoms with Crippen molar-refractivity contribution in [1.29, 1.82) is 0 Å². The van der Waals surface area contributed by atoms with Gasteiger partial charge in [0.05, 0.1) is 21.9 Å². The second-order valence-corrected chi connectivity index (χ2v) is 6.20. The van der Waals surface area contributed by atoms with Crippen molar-refractivity contribution in [2.75, 3.05) is 13.1 Å². The van der Waals surface area contributed by atoms with Crippen molar-refractivity contribution >= 4 is 22.5 Å². The number of nitrogens with zero attached hydrogens (tertiary/aromatic N) is 2. The molecule has 1 N–H and O–H groups in total. The van der Waals surface area contributed by atoms with Crippen LogP contribution in [0.25, 0.3) is 16.6 Å². The third-order valence-electron chi connectivity index (χ3n) is 4.42. The Hall–Kier alpha value is -1.84. The van der Waals surface area contributed by atoms with Gasteiger partial charge in [0.25, 0.3) is 0 Å². The summed E-state index contributed by atoms with van der Waals surface area (Å²) in [5.74, 6) is 0.523. The maximum Gasteiger partial charge on any atom is 0.0839 e. The summed E-state index contributed by atoms with van der Waals surface area (Å²) >= 11 is 6.38. The fourth-order valence-corrected chi connectivity index (χ4v) is 3.51. The first-order valence-electron chi connectivity index (χ1n) is 7.78. The van der Waals surface area contributed by atoms with Crippen molar-refractivity contribution in [3.8, 4) is 5.69 Å². The maximum absolute atomic E-state index is 6.38. The van der Waals surface area contributed by atoms with Crippen LogP contribution in [0.3, 0.4) is 0 Å². The molecule has 3 aromatic rings. The molecule has 1 aliphatic rings. The van der Waals surface area contributed by atoms with Gasteiger partial charge in [-0.05, 0) is 44.1 Å². The molecule has 3 nitrogen and oxygen atoms in total. The number of benzene rings is 2. The lowest BCUT2D eigenvalue weighted by atomic mass is 9.93. The van der Waals surface area contributed by atoms with Gasteiger partial charge in [-0.25, -0.2) is 4.68 Å². The molecule has 1 aliphatic heterocycles. The number of rotatable bonds is 2. The SMILES string of the molecule is Clc1ccccc1-n1nc(C2CCNCC2)c2ccccc21. The minimum absolute atomic E-state index is 0.523. The van der Waals surface area contributed by atoms with Crippen molar-refractivity contribution in [3.63, 3.8) is 0 Å². The number of halogens is 1. The number of para-hydroxylation sites is 2. The van der Waals surface area contributed by atoms with Crippen molar-refractivity contribution in [1.82, 2.24) is 15.1 Å². The lowest BCUT2D eigenvalue weighted by Gasteiger charge is -2.21. The van der Waals surface area contributed by atoms with E-state index in [2.05, 4.69) is 29.6 Å². The van der Waals surface area contributed by atoms with Crippen LogP contribution in [0.4, 0.5) is 0 Å². The van der Waals surface area contributed by atoms with Crippen LogP contribution in [0.1, 0.15) is 24.5 Å². The zero-order valence-corrected chi connectivity index (χ0v) is 13.1. The molecule has 1 fully saturated rings. The molecule has 0 amide bonds. The van der Waals surface area contributed by atoms with Crippen molar-refractivity contribution in [2.45, 2.75) is 18.8 Å². The van der Waals surface area contributed by atoms with E-state index in [-0.39, 0.29) is 0 Å². The normalized spacial score (nSPS) is 16.2. The lowest BCUT2D eigenvalue weighted by molar-refractivity contribution is 0.453. The van der Waals surface area contributed by atoms with Gasteiger partial charge < -0.3 is 5.32 Å². The monoisotopic (exact) mass is 311 g/mol. The molecule has 0 atom stereocenters. The van der Waals surface area contributed by atoms with Crippen LogP contribution >= 0.6 is 11.6 Å². The Morgan fingerprint density at radius 2 is 1.73 bits per heavy atom. The van der Waals surface area contributed by atoms with E-state index in [1.165, 1.54) is 11.1 Å². The highest BCUT2D eigenvalue weighted by molar-refractivity contribution is 6.32. The molecular formula is C18H18ClN3. The quantitative estimate of drug-likeness (QED) is 0.770. The largest absolute Gasteiger partial charge is 0.317 e. The van der Waals surface area contributed by atoms with Gasteiger partial charge in [-0.2, -0.15) is 5.10 Å². The van der Waals surface area contributed by atoms with Gasteiger partial charge in [-0.15, -0.1) is 0 Å². The molecule has 2 heterocycles. The molecule has 0 unspecified atom stereocenters. The fraction of sp³-hybridized carbons (Fsp3) is 0.278. The molecule has 1 saturated heterocycles. The van der Waals surface area contributed by atoms with E-state index >= 15 is 0 Å². The highest BCUT2D eigenvalue weighted by Gasteiger charge is 2.22. The predicted molar refractivity (Wildman–Crippen MR) is 90.9 cm³/mol. The molecule has 22 heavy (non-hydrogen) atoms. The van der Waals surface area contributed by atoms with Crippen LogP contribution in [0.5, 0.6) is 0 Å². The summed E-state index contributed by atoms with van der Waals surface area (Å²) < 4.78 is 2.00. The Morgan fingerprint density at radius 1 is 1.00 bits per heavy atom. The average Bonchev–Trinajstić information content (AvgIpc) is 2.96. The van der Waals surface area contributed by atoms with Gasteiger partial charge in [0.1, 0.15) is 0 Å². The lowest BCUT2D eigenvalue weighted by Crippen LogP contribution is -2.26. The molecule has 0 aliphatic carbocycles. The van der Waals surface area contributed by atoms with Gasteiger partial charge in [0, 0.05) is 11.3 Å². The van der Waals surface area contributed by atoms with E-state index in [0.29, 0.717) is 5.92 Å². The van der Waals surface area contributed by atoms with Gasteiger partial charge in [-0.3, -0.25) is 0 Å². The first-order valence-corrected chi connectivity index (χ1v) is 8.15. The Labute approximate surface area is 134 Å². The van der Waals surface area contributed by atoms with E-state index in [1.54, 1.807) is 0 Å². The summed E-state index contributed by atoms with van der Waals surface area (Å²) in [7, 11) is 0. The van der Waals surface area contributed by atoms with E-state index < -0.39 is 0 Å². The number of hydrogen-bond acceptors (Lipinski definition) is 2. The Bertz CT molecular complexity index is 803. The van der Waals surface area contributed by atoms with Gasteiger partial charge >= 0.3 is 0 Å². The predicted octanol–water partition coefficient (Wildman–Crippen LogP) is 4.15. The standard InChI is InChI=1S/C18H18ClN3/c19-15-6-2-4-8-17(15)22-16-7-3-1-5-14(16)18(21-22)13-9-11-20-12-10-13/h1-8,13,20H,9-12H2. The molecule has 2 aromatic carbocycles. The molecule has 4 rings (SSSR count). The zero-order chi connectivity index (χ0) is 14.9. The zero-order valence-electron chi connectivity index (χ0n) is 12.3. The van der Waals surface area contributed by atoms with E-state index in [1.807, 2.05) is 28.9 Å². The summed E-state index contributed by atoms with van der Waals surface area (Å²) in [6.07, 6.45) is 2.28. The third kappa shape index (κ3) is 2.31. The Morgan fingerprint density at radius 3 is 2.55 bits per heavy atom. The summed E-state index contributed by atoms with van der Waals surface area (Å²) in [4.78, 5) is 0. The van der Waals surface area contributed by atoms with Gasteiger partial charge in [0.15, 0.2) is 0 Å². The van der Waals surface area contributed by atoms with Crippen molar-refractivity contribution in [2.24, 2.45) is 0 Å². The molecule has 1 aromatic heterocycles. The van der Waals surface area contributed by atoms with E-state index in [0.717, 1.165) is 42.2 Å². The molecule has 4 heteroatoms. The Balaban J connectivity index is 1.91. The topological polar surface area (TPSA) is 29.9 Å². The second kappa shape index (κ2) is 5.75. The van der Waals surface area contributed by atoms with Crippen LogP contribution in [0.2, 0.25) is 5.02 Å². The molecule has 0 bridgehead atoms. The second-order valence-electron chi connectivity index (χ2n) is 5.79. The molecule has 0 radical (unpaired) electrons. The first kappa shape index (κ1) is 13.8. The molecule has 0 saturated carbocycles. The highest BCUT2D eigenvalue weighted by Crippen LogP contribution is 2.33. The number of hydrogen-bond donors (Lipinski definition) is 1. The minimum atomic E-state index is 0.523. The molecular weight excluding hydrogens is 294 g/mol. The number of piperidine rings is 1. The number of fused-ring (bicyclic) bond motifs is 1. The fourth-order valence-electron chi connectivity index (χ4n) is 3.29. The van der Waals surface area contributed by atoms with Gasteiger partial charge in [-0.1, -0.05) is 41.9 Å². The minimum Gasteiger partial charge on any atom is -0.317 e. The molecule has 112 valence electrons. The smallest absolute Gasteiger partial charge is 0.0839 e. The van der Waals surface area contributed by atoms with Crippen LogP contribution in [-0.2, 0) is 0 Å². The number of nitrogens with one attached hydrogen (secondary N) is 1. The summed E-state index contributed by atoms with van der Waals surface area (Å²) in [5, 5.41) is 10.3. The van der Waals surface area contributed by atoms with Crippen molar-refractivity contribution in [3.05, 3.63) is 59.2 Å². The van der Waals surface area contributed by atoms with Crippen LogP contribution < -0.4 is 5.32 Å². The first-order chi connectivity index (χ1) is 10.8. The van der Waals surface area contributed by atoms with Crippen LogP contribution in [-0.4, -0.2) is 22.9 Å². The average molecular weight is 312 g/mol. The molecule has 0 spiro atoms. The number of aromatic nitrogens is 2. The maximum atomic E-state index is 6.38. The third-order valence-corrected chi connectivity index (χ3v) is 4.74. The van der Waals surface area contributed by atoms with E-state index in [9.17, 15) is 0 Å². The van der Waals surface area contributed by atoms with Gasteiger partial charge in [0.2, 0.25) is 0 Å². The van der Waals surface area contributed by atoms with Crippen LogP contribution in [0, 0.1) is 0 Å². The summed E-state index contributed by atoms with van der Waals surface area (Å²) in [6.45, 7) is 2.13. The summed E-state index contributed by atoms with van der Waals surface area (Å²) in [6, 6.07) is 16.3.